The van der Waals surface area contributed by atoms with Gasteiger partial charge in [-0.25, -0.2) is 4.79 Å². The van der Waals surface area contributed by atoms with Gasteiger partial charge in [-0.1, -0.05) is 12.1 Å². The first-order chi connectivity index (χ1) is 11.3. The van der Waals surface area contributed by atoms with Gasteiger partial charge in [-0.3, -0.25) is 9.69 Å². The Hall–Kier alpha value is -2.04. The molecule has 1 aliphatic heterocycles. The molecule has 0 bridgehead atoms. The second kappa shape index (κ2) is 6.11. The van der Waals surface area contributed by atoms with Crippen molar-refractivity contribution in [3.8, 4) is 5.75 Å². The monoisotopic (exact) mass is 330 g/mol. The van der Waals surface area contributed by atoms with Crippen LogP contribution in [-0.4, -0.2) is 47.5 Å². The van der Waals surface area contributed by atoms with Crippen molar-refractivity contribution in [1.29, 1.82) is 0 Å². The molecule has 24 heavy (non-hydrogen) atoms. The minimum atomic E-state index is -0.622. The third-order valence-corrected chi connectivity index (χ3v) is 5.45. The van der Waals surface area contributed by atoms with Gasteiger partial charge in [0.1, 0.15) is 11.3 Å². The number of nitrogens with zero attached hydrogens (tertiary/aromatic N) is 2. The van der Waals surface area contributed by atoms with Gasteiger partial charge < -0.3 is 9.64 Å². The fraction of sp³-hybridized carbons (Fsp3) is 0.579. The van der Waals surface area contributed by atoms with Crippen LogP contribution < -0.4 is 4.74 Å². The van der Waals surface area contributed by atoms with Crippen LogP contribution in [0.5, 0.6) is 5.75 Å². The van der Waals surface area contributed by atoms with Crippen molar-refractivity contribution in [3.05, 3.63) is 29.8 Å². The first kappa shape index (κ1) is 16.8. The van der Waals surface area contributed by atoms with Gasteiger partial charge in [-0.05, 0) is 63.1 Å². The highest BCUT2D eigenvalue weighted by Gasteiger charge is 2.55. The zero-order chi connectivity index (χ0) is 17.5. The Morgan fingerprint density at radius 3 is 2.12 bits per heavy atom. The van der Waals surface area contributed by atoms with E-state index >= 15 is 0 Å². The summed E-state index contributed by atoms with van der Waals surface area (Å²) < 4.78 is 5.69. The van der Waals surface area contributed by atoms with Crippen LogP contribution in [0, 0.1) is 0 Å². The van der Waals surface area contributed by atoms with E-state index in [-0.39, 0.29) is 18.0 Å². The lowest BCUT2D eigenvalue weighted by Gasteiger charge is -2.39. The average Bonchev–Trinajstić information content (AvgIpc) is 2.72. The molecule has 0 aromatic heterocycles. The number of hydrogen-bond acceptors (Lipinski definition) is 3. The zero-order valence-corrected chi connectivity index (χ0v) is 14.9. The Kier molecular flexibility index (Phi) is 4.28. The first-order valence-electron chi connectivity index (χ1n) is 8.68. The number of carbonyl (C=O) groups is 2. The van der Waals surface area contributed by atoms with Crippen molar-refractivity contribution in [2.24, 2.45) is 0 Å². The molecule has 3 rings (SSSR count). The summed E-state index contributed by atoms with van der Waals surface area (Å²) in [6.07, 6.45) is 3.47. The highest BCUT2D eigenvalue weighted by molar-refractivity contribution is 6.06. The number of amides is 3. The summed E-state index contributed by atoms with van der Waals surface area (Å²) >= 11 is 0. The smallest absolute Gasteiger partial charge is 0.327 e. The van der Waals surface area contributed by atoms with E-state index in [1.165, 1.54) is 10.5 Å². The van der Waals surface area contributed by atoms with Crippen molar-refractivity contribution in [3.63, 3.8) is 0 Å². The summed E-state index contributed by atoms with van der Waals surface area (Å²) in [6, 6.07) is 8.09. The molecule has 0 radical (unpaired) electrons. The second-order valence-electron chi connectivity index (χ2n) is 7.25. The predicted molar refractivity (Wildman–Crippen MR) is 92.1 cm³/mol. The molecule has 1 spiro atoms. The van der Waals surface area contributed by atoms with Crippen LogP contribution in [0.2, 0.25) is 0 Å². The average molecular weight is 330 g/mol. The van der Waals surface area contributed by atoms with Gasteiger partial charge in [0.15, 0.2) is 0 Å². The maximum atomic E-state index is 12.5. The normalized spacial score (nSPS) is 27.5. The quantitative estimate of drug-likeness (QED) is 0.798. The number of urea groups is 1. The van der Waals surface area contributed by atoms with E-state index < -0.39 is 5.54 Å². The van der Waals surface area contributed by atoms with Gasteiger partial charge in [-0.2, -0.15) is 0 Å². The van der Waals surface area contributed by atoms with Crippen LogP contribution in [0.1, 0.15) is 51.0 Å². The molecule has 0 unspecified atom stereocenters. The Morgan fingerprint density at radius 1 is 1.08 bits per heavy atom. The van der Waals surface area contributed by atoms with Crippen LogP contribution in [0.15, 0.2) is 24.3 Å². The van der Waals surface area contributed by atoms with E-state index in [0.29, 0.717) is 5.92 Å². The highest BCUT2D eigenvalue weighted by atomic mass is 16.5. The van der Waals surface area contributed by atoms with Gasteiger partial charge in [0.25, 0.3) is 5.91 Å². The molecule has 0 atom stereocenters. The van der Waals surface area contributed by atoms with E-state index in [9.17, 15) is 9.59 Å². The summed E-state index contributed by atoms with van der Waals surface area (Å²) in [4.78, 5) is 27.5. The Bertz CT molecular complexity index is 631. The number of carbonyl (C=O) groups excluding carboxylic acids is 2. The molecular formula is C19H26N2O3. The fourth-order valence-corrected chi connectivity index (χ4v) is 4.02. The Balaban J connectivity index is 1.69. The zero-order valence-electron chi connectivity index (χ0n) is 14.9. The molecule has 1 heterocycles. The van der Waals surface area contributed by atoms with Crippen molar-refractivity contribution >= 4 is 11.9 Å². The maximum absolute atomic E-state index is 12.5. The molecule has 130 valence electrons. The predicted octanol–water partition coefficient (Wildman–Crippen LogP) is 3.39. The van der Waals surface area contributed by atoms with Crippen LogP contribution in [0.25, 0.3) is 0 Å². The molecule has 5 heteroatoms. The summed E-state index contributed by atoms with van der Waals surface area (Å²) in [6.45, 7) is 4.03. The third-order valence-electron chi connectivity index (χ3n) is 5.45. The minimum absolute atomic E-state index is 0.0471. The lowest BCUT2D eigenvalue weighted by atomic mass is 9.73. The van der Waals surface area contributed by atoms with Gasteiger partial charge in [-0.15, -0.1) is 0 Å². The van der Waals surface area contributed by atoms with E-state index in [1.807, 2.05) is 26.0 Å². The minimum Gasteiger partial charge on any atom is -0.491 e. The van der Waals surface area contributed by atoms with Gasteiger partial charge in [0.05, 0.1) is 6.10 Å². The molecule has 1 aromatic rings. The van der Waals surface area contributed by atoms with E-state index in [2.05, 4.69) is 12.1 Å². The molecule has 1 saturated carbocycles. The van der Waals surface area contributed by atoms with Crippen molar-refractivity contribution in [2.75, 3.05) is 14.1 Å². The first-order valence-corrected chi connectivity index (χ1v) is 8.68. The van der Waals surface area contributed by atoms with Crippen molar-refractivity contribution < 1.29 is 14.3 Å². The standard InChI is InChI=1S/C19H26N2O3/c1-13(2)24-16-7-5-14(6-8-16)15-9-11-19(12-10-15)17(22)20(3)18(23)21(19)4/h5-8,13,15H,9-12H2,1-4H3. The number of imide groups is 1. The second-order valence-corrected chi connectivity index (χ2v) is 7.25. The van der Waals surface area contributed by atoms with Gasteiger partial charge in [0, 0.05) is 14.1 Å². The van der Waals surface area contributed by atoms with E-state index in [0.717, 1.165) is 31.4 Å². The van der Waals surface area contributed by atoms with Crippen LogP contribution >= 0.6 is 0 Å². The molecule has 3 amide bonds. The molecule has 1 aromatic carbocycles. The molecule has 2 fully saturated rings. The highest BCUT2D eigenvalue weighted by Crippen LogP contribution is 2.44. The SMILES string of the molecule is CC(C)Oc1ccc(C2CCC3(CC2)C(=O)N(C)C(=O)N3C)cc1. The number of rotatable bonds is 3. The van der Waals surface area contributed by atoms with Gasteiger partial charge in [0.2, 0.25) is 0 Å². The van der Waals surface area contributed by atoms with Gasteiger partial charge >= 0.3 is 6.03 Å². The lowest BCUT2D eigenvalue weighted by molar-refractivity contribution is -0.133. The van der Waals surface area contributed by atoms with Crippen molar-refractivity contribution in [1.82, 2.24) is 9.80 Å². The Labute approximate surface area is 143 Å². The molecule has 0 N–H and O–H groups in total. The number of hydrogen-bond donors (Lipinski definition) is 0. The largest absolute Gasteiger partial charge is 0.491 e. The topological polar surface area (TPSA) is 49.9 Å². The molecular weight excluding hydrogens is 304 g/mol. The maximum Gasteiger partial charge on any atom is 0.327 e. The fourth-order valence-electron chi connectivity index (χ4n) is 4.02. The summed E-state index contributed by atoms with van der Waals surface area (Å²) in [5.74, 6) is 1.28. The Morgan fingerprint density at radius 2 is 1.67 bits per heavy atom. The number of ether oxygens (including phenoxy) is 1. The molecule has 1 aliphatic carbocycles. The number of likely N-dealkylation sites (N-methyl/N-ethyl adjacent to an activating group) is 2. The third kappa shape index (κ3) is 2.66. The summed E-state index contributed by atoms with van der Waals surface area (Å²) in [5, 5.41) is 0. The lowest BCUT2D eigenvalue weighted by Crippen LogP contribution is -2.50. The van der Waals surface area contributed by atoms with Crippen molar-refractivity contribution in [2.45, 2.75) is 57.1 Å². The molecule has 1 saturated heterocycles. The summed E-state index contributed by atoms with van der Waals surface area (Å²) in [7, 11) is 3.33. The molecule has 2 aliphatic rings. The van der Waals surface area contributed by atoms with Crippen LogP contribution in [0.3, 0.4) is 0 Å². The molecule has 5 nitrogen and oxygen atoms in total. The van der Waals surface area contributed by atoms with E-state index in [1.54, 1.807) is 19.0 Å². The van der Waals surface area contributed by atoms with Crippen LogP contribution in [-0.2, 0) is 4.79 Å². The van der Waals surface area contributed by atoms with Crippen LogP contribution in [0.4, 0.5) is 4.79 Å². The summed E-state index contributed by atoms with van der Waals surface area (Å²) in [5.41, 5.74) is 0.664. The number of benzene rings is 1. The van der Waals surface area contributed by atoms with E-state index in [4.69, 9.17) is 4.74 Å².